The molecule has 0 radical (unpaired) electrons. The maximum absolute atomic E-state index is 13.0. The third-order valence-corrected chi connectivity index (χ3v) is 3.26. The van der Waals surface area contributed by atoms with Gasteiger partial charge in [0.1, 0.15) is 18.0 Å². The Bertz CT molecular complexity index is 729. The van der Waals surface area contributed by atoms with E-state index in [1.807, 2.05) is 0 Å². The molecule has 0 aliphatic carbocycles. The molecular formula is C13H14FN3O6. The lowest BCUT2D eigenvalue weighted by Crippen LogP contribution is -2.29. The number of nitrogens with zero attached hydrogens (tertiary/aromatic N) is 2. The van der Waals surface area contributed by atoms with Crippen LogP contribution in [0.4, 0.5) is 10.2 Å². The van der Waals surface area contributed by atoms with Gasteiger partial charge in [-0.1, -0.05) is 0 Å². The second kappa shape index (κ2) is 6.69. The van der Waals surface area contributed by atoms with Gasteiger partial charge in [-0.15, -0.1) is 0 Å². The Balaban J connectivity index is 2.49. The number of aliphatic carboxylic acids is 1. The third kappa shape index (κ3) is 3.28. The summed E-state index contributed by atoms with van der Waals surface area (Å²) in [5, 5.41) is 27.5. The lowest BCUT2D eigenvalue weighted by molar-refractivity contribution is -0.131. The van der Waals surface area contributed by atoms with Crippen molar-refractivity contribution in [3.05, 3.63) is 40.2 Å². The molecule has 1 aliphatic rings. The molecule has 5 N–H and O–H groups in total. The number of nitrogen functional groups attached to an aromatic ring is 1. The van der Waals surface area contributed by atoms with Crippen molar-refractivity contribution in [1.82, 2.24) is 9.55 Å². The Kier molecular flexibility index (Phi) is 4.89. The van der Waals surface area contributed by atoms with E-state index in [0.29, 0.717) is 0 Å². The van der Waals surface area contributed by atoms with Crippen molar-refractivity contribution >= 4 is 17.9 Å². The lowest BCUT2D eigenvalue weighted by atomic mass is 10.1. The van der Waals surface area contributed by atoms with E-state index in [1.54, 1.807) is 0 Å². The zero-order chi connectivity index (χ0) is 17.1. The van der Waals surface area contributed by atoms with E-state index in [0.717, 1.165) is 22.9 Å². The molecule has 0 spiro atoms. The van der Waals surface area contributed by atoms with Crippen LogP contribution in [0, 0.1) is 0 Å². The Morgan fingerprint density at radius 3 is 2.83 bits per heavy atom. The highest BCUT2D eigenvalue weighted by molar-refractivity contribution is 5.86. The third-order valence-electron chi connectivity index (χ3n) is 3.26. The minimum absolute atomic E-state index is 0.0839. The van der Waals surface area contributed by atoms with E-state index in [9.17, 15) is 19.1 Å². The molecule has 2 heterocycles. The summed E-state index contributed by atoms with van der Waals surface area (Å²) in [6.07, 6.45) is -0.763. The number of anilines is 1. The fourth-order valence-corrected chi connectivity index (χ4v) is 2.12. The largest absolute Gasteiger partial charge is 0.478 e. The molecule has 1 saturated heterocycles. The molecule has 10 heteroatoms. The minimum atomic E-state index is -1.43. The number of aromatic nitrogens is 2. The molecule has 0 bridgehead atoms. The predicted molar refractivity (Wildman–Crippen MR) is 75.8 cm³/mol. The van der Waals surface area contributed by atoms with E-state index in [1.165, 1.54) is 0 Å². The van der Waals surface area contributed by atoms with Gasteiger partial charge in [0.05, 0.1) is 12.9 Å². The van der Waals surface area contributed by atoms with Gasteiger partial charge in [0.2, 0.25) is 0 Å². The smallest absolute Gasteiger partial charge is 0.351 e. The van der Waals surface area contributed by atoms with Gasteiger partial charge in [0.15, 0.2) is 6.23 Å². The Morgan fingerprint density at radius 1 is 1.57 bits per heavy atom. The molecule has 23 heavy (non-hydrogen) atoms. The van der Waals surface area contributed by atoms with E-state index >= 15 is 0 Å². The summed E-state index contributed by atoms with van der Waals surface area (Å²) in [5.41, 5.74) is 4.47. The number of rotatable bonds is 4. The number of nitrogens with two attached hydrogens (primary N) is 1. The van der Waals surface area contributed by atoms with Gasteiger partial charge in [0.25, 0.3) is 0 Å². The van der Waals surface area contributed by atoms with E-state index < -0.39 is 36.7 Å². The van der Waals surface area contributed by atoms with Crippen LogP contribution >= 0.6 is 0 Å². The van der Waals surface area contributed by atoms with Gasteiger partial charge in [-0.25, -0.2) is 14.0 Å². The Labute approximate surface area is 128 Å². The monoisotopic (exact) mass is 327 g/mol. The summed E-state index contributed by atoms with van der Waals surface area (Å²) in [7, 11) is 0. The molecule has 1 fully saturated rings. The maximum atomic E-state index is 13.0. The number of hydrogen-bond acceptors (Lipinski definition) is 7. The van der Waals surface area contributed by atoms with Crippen LogP contribution in [-0.4, -0.2) is 49.7 Å². The van der Waals surface area contributed by atoms with Crippen LogP contribution in [0.5, 0.6) is 0 Å². The van der Waals surface area contributed by atoms with Crippen LogP contribution in [0.3, 0.4) is 0 Å². The van der Waals surface area contributed by atoms with Crippen LogP contribution in [0.25, 0.3) is 6.08 Å². The van der Waals surface area contributed by atoms with E-state index in [2.05, 4.69) is 4.98 Å². The minimum Gasteiger partial charge on any atom is -0.478 e. The quantitative estimate of drug-likeness (QED) is 0.516. The first kappa shape index (κ1) is 16.8. The van der Waals surface area contributed by atoms with Crippen LogP contribution in [0.1, 0.15) is 11.8 Å². The van der Waals surface area contributed by atoms with E-state index in [4.69, 9.17) is 20.7 Å². The van der Waals surface area contributed by atoms with Gasteiger partial charge in [-0.05, 0) is 6.08 Å². The van der Waals surface area contributed by atoms with Crippen molar-refractivity contribution in [2.45, 2.75) is 18.4 Å². The molecule has 1 aliphatic heterocycles. The van der Waals surface area contributed by atoms with E-state index in [-0.39, 0.29) is 23.3 Å². The van der Waals surface area contributed by atoms with Crippen LogP contribution < -0.4 is 11.4 Å². The number of aliphatic hydroxyl groups excluding tert-OH is 2. The molecule has 9 nitrogen and oxygen atoms in total. The molecule has 0 aromatic carbocycles. The van der Waals surface area contributed by atoms with Crippen molar-refractivity contribution in [1.29, 1.82) is 0 Å². The van der Waals surface area contributed by atoms with Crippen molar-refractivity contribution in [2.24, 2.45) is 0 Å². The highest BCUT2D eigenvalue weighted by Gasteiger charge is 2.40. The van der Waals surface area contributed by atoms with Crippen molar-refractivity contribution < 1.29 is 29.2 Å². The number of ether oxygens (including phenoxy) is 1. The fraction of sp³-hybridized carbons (Fsp3) is 0.308. The van der Waals surface area contributed by atoms with Crippen molar-refractivity contribution in [3.8, 4) is 0 Å². The second-order valence-corrected chi connectivity index (χ2v) is 4.71. The Hall–Kier alpha value is -2.56. The number of halogens is 1. The number of carbonyl (C=O) groups is 1. The number of aliphatic hydroxyl groups is 2. The highest BCUT2D eigenvalue weighted by atomic mass is 19.1. The second-order valence-electron chi connectivity index (χ2n) is 4.71. The summed E-state index contributed by atoms with van der Waals surface area (Å²) in [6.45, 7) is -0.585. The topological polar surface area (TPSA) is 148 Å². The fourth-order valence-electron chi connectivity index (χ4n) is 2.12. The van der Waals surface area contributed by atoms with Gasteiger partial charge >= 0.3 is 11.7 Å². The van der Waals surface area contributed by atoms with Crippen LogP contribution in [-0.2, 0) is 9.53 Å². The van der Waals surface area contributed by atoms with Crippen molar-refractivity contribution in [2.75, 3.05) is 12.3 Å². The Morgan fingerprint density at radius 2 is 2.26 bits per heavy atom. The molecule has 1 aromatic heterocycles. The average Bonchev–Trinajstić information content (AvgIpc) is 2.82. The number of hydrogen-bond donors (Lipinski definition) is 4. The summed E-state index contributed by atoms with van der Waals surface area (Å²) in [5.74, 6) is -1.45. The summed E-state index contributed by atoms with van der Waals surface area (Å²) in [6, 6.07) is 0. The molecule has 0 amide bonds. The van der Waals surface area contributed by atoms with Gasteiger partial charge in [0, 0.05) is 23.4 Å². The molecule has 2 rings (SSSR count). The standard InChI is InChI=1S/C13H14FN3O6/c14-3-7-10(21)8(5-18)23-12(7)17-4-6(1-2-9(19)20)11(15)16-13(17)22/h1-4,8,10,12,18,21H,5H2,(H,19,20)(H2,15,16,22). The summed E-state index contributed by atoms with van der Waals surface area (Å²) >= 11 is 0. The highest BCUT2D eigenvalue weighted by Crippen LogP contribution is 2.33. The molecule has 124 valence electrons. The average molecular weight is 327 g/mol. The van der Waals surface area contributed by atoms with Crippen LogP contribution in [0.2, 0.25) is 0 Å². The molecule has 3 unspecified atom stereocenters. The van der Waals surface area contributed by atoms with Gasteiger partial charge < -0.3 is 25.8 Å². The zero-order valence-electron chi connectivity index (χ0n) is 11.7. The maximum Gasteiger partial charge on any atom is 0.351 e. The first-order valence-electron chi connectivity index (χ1n) is 6.43. The molecule has 3 atom stereocenters. The summed E-state index contributed by atoms with van der Waals surface area (Å²) in [4.78, 5) is 26.0. The predicted octanol–water partition coefficient (Wildman–Crippen LogP) is -0.973. The first-order chi connectivity index (χ1) is 10.9. The van der Waals surface area contributed by atoms with Crippen LogP contribution in [0.15, 0.2) is 29.0 Å². The molecule has 0 saturated carbocycles. The van der Waals surface area contributed by atoms with Gasteiger partial charge in [-0.2, -0.15) is 4.98 Å². The number of carboxylic acids is 1. The summed E-state index contributed by atoms with van der Waals surface area (Å²) < 4.78 is 19.1. The first-order valence-corrected chi connectivity index (χ1v) is 6.43. The van der Waals surface area contributed by atoms with Gasteiger partial charge in [-0.3, -0.25) is 4.57 Å². The van der Waals surface area contributed by atoms with Crippen molar-refractivity contribution in [3.63, 3.8) is 0 Å². The molecule has 1 aromatic rings. The normalized spacial score (nSPS) is 26.2. The SMILES string of the molecule is Nc1nc(=O)n(C2OC(CO)C(O)C2=CF)cc1C=CC(=O)O. The number of carboxylic acid groups (broad SMARTS) is 1. The molecular weight excluding hydrogens is 313 g/mol. The lowest BCUT2D eigenvalue weighted by Gasteiger charge is -2.16. The zero-order valence-corrected chi connectivity index (χ0v) is 11.7.